The van der Waals surface area contributed by atoms with E-state index in [0.29, 0.717) is 48.7 Å². The van der Waals surface area contributed by atoms with E-state index >= 15 is 0 Å². The first kappa shape index (κ1) is 28.1. The van der Waals surface area contributed by atoms with Crippen LogP contribution in [0.25, 0.3) is 0 Å². The fourth-order valence-corrected chi connectivity index (χ4v) is 3.92. The maximum Gasteiger partial charge on any atom is 0.276 e. The maximum absolute atomic E-state index is 12.4. The lowest BCUT2D eigenvalue weighted by Crippen LogP contribution is -2.48. The molecule has 4 N–H and O–H groups in total. The third-order valence-corrected chi connectivity index (χ3v) is 5.97. The van der Waals surface area contributed by atoms with E-state index in [2.05, 4.69) is 21.7 Å². The monoisotopic (exact) mass is 528 g/mol. The quantitative estimate of drug-likeness (QED) is 0.336. The molecule has 0 atom stereocenters. The van der Waals surface area contributed by atoms with Gasteiger partial charge in [0.05, 0.1) is 14.2 Å². The summed E-state index contributed by atoms with van der Waals surface area (Å²) in [6, 6.07) is 13.8. The van der Waals surface area contributed by atoms with Gasteiger partial charge in [0.1, 0.15) is 0 Å². The Labute approximate surface area is 220 Å². The molecule has 1 fully saturated rings. The highest BCUT2D eigenvalue weighted by Gasteiger charge is 2.30. The zero-order chi connectivity index (χ0) is 27.3. The molecule has 12 heteroatoms. The van der Waals surface area contributed by atoms with E-state index in [1.165, 1.54) is 14.2 Å². The summed E-state index contributed by atoms with van der Waals surface area (Å²) in [5.74, 6) is -0.618. The van der Waals surface area contributed by atoms with Crippen LogP contribution in [0.2, 0.25) is 0 Å². The molecular formula is C26H32N4O8. The van der Waals surface area contributed by atoms with E-state index in [9.17, 15) is 19.2 Å². The molecule has 0 saturated heterocycles. The van der Waals surface area contributed by atoms with E-state index in [0.717, 1.165) is 0 Å². The summed E-state index contributed by atoms with van der Waals surface area (Å²) in [5.41, 5.74) is 9.48. The number of rotatable bonds is 10. The Morgan fingerprint density at radius 2 is 0.947 bits per heavy atom. The second kappa shape index (κ2) is 14.3. The number of ether oxygens (including phenoxy) is 4. The Balaban J connectivity index is 1.31. The predicted octanol–water partition coefficient (Wildman–Crippen LogP) is 1.26. The van der Waals surface area contributed by atoms with Gasteiger partial charge in [0.25, 0.3) is 11.8 Å². The van der Waals surface area contributed by atoms with Crippen LogP contribution in [0.1, 0.15) is 25.7 Å². The van der Waals surface area contributed by atoms with Crippen LogP contribution < -0.4 is 40.7 Å². The van der Waals surface area contributed by atoms with Crippen molar-refractivity contribution in [3.8, 4) is 23.0 Å². The predicted molar refractivity (Wildman–Crippen MR) is 135 cm³/mol. The van der Waals surface area contributed by atoms with Crippen molar-refractivity contribution in [2.45, 2.75) is 25.7 Å². The van der Waals surface area contributed by atoms with Crippen LogP contribution in [0.5, 0.6) is 23.0 Å². The standard InChI is InChI=1S/C26H32N4O8/c1-35-19-7-3-5-9-21(19)37-15-23(31)27-29-25(33)17-11-13-18(14-12-17)26(34)30-28-24(32)16-38-22-10-6-4-8-20(22)36-2/h3-10,17-18H,11-16H2,1-2H3,(H,27,31)(H,28,32)(H,29,33)(H,30,34). The summed E-state index contributed by atoms with van der Waals surface area (Å²) >= 11 is 0. The highest BCUT2D eigenvalue weighted by atomic mass is 16.5. The van der Waals surface area contributed by atoms with Crippen molar-refractivity contribution in [2.75, 3.05) is 27.4 Å². The second-order valence-corrected chi connectivity index (χ2v) is 8.50. The Morgan fingerprint density at radius 1 is 0.605 bits per heavy atom. The number of hydrogen-bond donors (Lipinski definition) is 4. The summed E-state index contributed by atoms with van der Waals surface area (Å²) in [7, 11) is 2.99. The molecule has 3 rings (SSSR count). The van der Waals surface area contributed by atoms with Crippen molar-refractivity contribution in [3.63, 3.8) is 0 Å². The van der Waals surface area contributed by atoms with Crippen LogP contribution in [0.4, 0.5) is 0 Å². The van der Waals surface area contributed by atoms with Crippen LogP contribution in [0, 0.1) is 11.8 Å². The number of carbonyl (C=O) groups is 4. The molecule has 1 aliphatic rings. The summed E-state index contributed by atoms with van der Waals surface area (Å²) in [4.78, 5) is 48.9. The van der Waals surface area contributed by atoms with Gasteiger partial charge in [-0.25, -0.2) is 0 Å². The first-order valence-corrected chi connectivity index (χ1v) is 12.1. The molecule has 0 aliphatic heterocycles. The third-order valence-electron chi connectivity index (χ3n) is 5.97. The van der Waals surface area contributed by atoms with Gasteiger partial charge < -0.3 is 18.9 Å². The second-order valence-electron chi connectivity index (χ2n) is 8.50. The molecule has 0 aromatic heterocycles. The SMILES string of the molecule is COc1ccccc1OCC(=O)NNC(=O)C1CCC(C(=O)NNC(=O)COc2ccccc2OC)CC1. The molecule has 38 heavy (non-hydrogen) atoms. The maximum atomic E-state index is 12.4. The average molecular weight is 529 g/mol. The zero-order valence-corrected chi connectivity index (χ0v) is 21.3. The summed E-state index contributed by atoms with van der Waals surface area (Å²) in [6.45, 7) is -0.605. The normalized spacial score (nSPS) is 16.4. The average Bonchev–Trinajstić information content (AvgIpc) is 2.96. The lowest BCUT2D eigenvalue weighted by atomic mass is 9.81. The highest BCUT2D eigenvalue weighted by molar-refractivity contribution is 5.85. The number of hydrogen-bond acceptors (Lipinski definition) is 8. The van der Waals surface area contributed by atoms with Crippen LogP contribution >= 0.6 is 0 Å². The van der Waals surface area contributed by atoms with E-state index in [1.54, 1.807) is 48.5 Å². The molecule has 0 bridgehead atoms. The van der Waals surface area contributed by atoms with Crippen molar-refractivity contribution in [1.29, 1.82) is 0 Å². The van der Waals surface area contributed by atoms with Gasteiger partial charge in [-0.05, 0) is 49.9 Å². The number of nitrogens with one attached hydrogen (secondary N) is 4. The fourth-order valence-electron chi connectivity index (χ4n) is 3.92. The molecule has 4 amide bonds. The molecule has 0 heterocycles. The zero-order valence-electron chi connectivity index (χ0n) is 21.3. The van der Waals surface area contributed by atoms with Gasteiger partial charge in [-0.15, -0.1) is 0 Å². The number of benzene rings is 2. The molecule has 1 saturated carbocycles. The molecule has 0 radical (unpaired) electrons. The van der Waals surface area contributed by atoms with Gasteiger partial charge in [0, 0.05) is 11.8 Å². The van der Waals surface area contributed by atoms with E-state index < -0.39 is 11.8 Å². The minimum absolute atomic E-state index is 0.302. The molecule has 0 unspecified atom stereocenters. The van der Waals surface area contributed by atoms with Gasteiger partial charge in [-0.2, -0.15) is 0 Å². The van der Waals surface area contributed by atoms with E-state index in [-0.39, 0.29) is 36.9 Å². The van der Waals surface area contributed by atoms with Gasteiger partial charge in [0.2, 0.25) is 11.8 Å². The molecular weight excluding hydrogens is 496 g/mol. The van der Waals surface area contributed by atoms with Gasteiger partial charge in [0.15, 0.2) is 36.2 Å². The lowest BCUT2D eigenvalue weighted by molar-refractivity contribution is -0.135. The Kier molecular flexibility index (Phi) is 10.6. The highest BCUT2D eigenvalue weighted by Crippen LogP contribution is 2.29. The molecule has 0 spiro atoms. The molecule has 204 valence electrons. The third kappa shape index (κ3) is 8.29. The lowest BCUT2D eigenvalue weighted by Gasteiger charge is -2.27. The van der Waals surface area contributed by atoms with Crippen molar-refractivity contribution in [2.24, 2.45) is 11.8 Å². The Morgan fingerprint density at radius 3 is 1.29 bits per heavy atom. The smallest absolute Gasteiger partial charge is 0.276 e. The Bertz CT molecular complexity index is 1030. The number of para-hydroxylation sites is 4. The minimum Gasteiger partial charge on any atom is -0.493 e. The van der Waals surface area contributed by atoms with Crippen LogP contribution in [0.15, 0.2) is 48.5 Å². The molecule has 12 nitrogen and oxygen atoms in total. The van der Waals surface area contributed by atoms with E-state index in [1.807, 2.05) is 0 Å². The van der Waals surface area contributed by atoms with Gasteiger partial charge >= 0.3 is 0 Å². The van der Waals surface area contributed by atoms with Crippen molar-refractivity contribution in [1.82, 2.24) is 21.7 Å². The number of carbonyl (C=O) groups excluding carboxylic acids is 4. The van der Waals surface area contributed by atoms with Crippen LogP contribution in [-0.4, -0.2) is 51.1 Å². The first-order chi connectivity index (χ1) is 18.4. The van der Waals surface area contributed by atoms with Crippen LogP contribution in [-0.2, 0) is 19.2 Å². The minimum atomic E-state index is -0.525. The topological polar surface area (TPSA) is 153 Å². The summed E-state index contributed by atoms with van der Waals surface area (Å²) < 4.78 is 21.2. The van der Waals surface area contributed by atoms with Crippen molar-refractivity contribution in [3.05, 3.63) is 48.5 Å². The van der Waals surface area contributed by atoms with E-state index in [4.69, 9.17) is 18.9 Å². The molecule has 2 aromatic carbocycles. The first-order valence-electron chi connectivity index (χ1n) is 12.1. The van der Waals surface area contributed by atoms with Gasteiger partial charge in [-0.1, -0.05) is 24.3 Å². The molecule has 2 aromatic rings. The molecule has 1 aliphatic carbocycles. The number of amides is 4. The van der Waals surface area contributed by atoms with Gasteiger partial charge in [-0.3, -0.25) is 40.9 Å². The van der Waals surface area contributed by atoms with Crippen molar-refractivity contribution >= 4 is 23.6 Å². The number of methoxy groups -OCH3 is 2. The van der Waals surface area contributed by atoms with Crippen LogP contribution in [0.3, 0.4) is 0 Å². The largest absolute Gasteiger partial charge is 0.493 e. The summed E-state index contributed by atoms with van der Waals surface area (Å²) in [6.07, 6.45) is 1.84. The fraction of sp³-hybridized carbons (Fsp3) is 0.385. The summed E-state index contributed by atoms with van der Waals surface area (Å²) in [5, 5.41) is 0. The van der Waals surface area contributed by atoms with Crippen molar-refractivity contribution < 1.29 is 38.1 Å². The Hall–Kier alpha value is -4.48. The number of hydrazine groups is 2.